The van der Waals surface area contributed by atoms with Crippen LogP contribution in [0.4, 0.5) is 0 Å². The van der Waals surface area contributed by atoms with Crippen molar-refractivity contribution in [2.75, 3.05) is 6.61 Å². The van der Waals surface area contributed by atoms with E-state index in [2.05, 4.69) is 0 Å². The molecule has 0 aliphatic carbocycles. The molecular formula is C8H18O5. The van der Waals surface area contributed by atoms with Gasteiger partial charge in [-0.2, -0.15) is 0 Å². The van der Waals surface area contributed by atoms with Crippen LogP contribution in [0.25, 0.3) is 0 Å². The Labute approximate surface area is 77.6 Å². The number of hydrogen-bond donors (Lipinski definition) is 4. The minimum atomic E-state index is -0.963. The molecule has 0 heterocycles. The highest BCUT2D eigenvalue weighted by Gasteiger charge is 2.00. The molecule has 0 aromatic rings. The van der Waals surface area contributed by atoms with E-state index in [4.69, 9.17) is 20.4 Å². The normalized spacial score (nSPS) is 13.9. The van der Waals surface area contributed by atoms with Crippen LogP contribution in [0.1, 0.15) is 26.7 Å². The summed E-state index contributed by atoms with van der Waals surface area (Å²) in [6, 6.07) is 0. The Bertz CT molecular complexity index is 122. The van der Waals surface area contributed by atoms with E-state index >= 15 is 0 Å². The van der Waals surface area contributed by atoms with Gasteiger partial charge in [-0.15, -0.1) is 0 Å². The molecule has 0 saturated carbocycles. The SMILES string of the molecule is CC(O)CC(=O)O.CC(O)CCO. The van der Waals surface area contributed by atoms with Crippen LogP contribution >= 0.6 is 0 Å². The molecule has 0 aliphatic heterocycles. The average molecular weight is 194 g/mol. The van der Waals surface area contributed by atoms with Gasteiger partial charge in [-0.1, -0.05) is 0 Å². The van der Waals surface area contributed by atoms with Gasteiger partial charge in [-0.05, 0) is 20.3 Å². The smallest absolute Gasteiger partial charge is 0.305 e. The van der Waals surface area contributed by atoms with Crippen molar-refractivity contribution >= 4 is 5.97 Å². The zero-order valence-electron chi connectivity index (χ0n) is 7.97. The molecule has 0 aromatic heterocycles. The minimum absolute atomic E-state index is 0.0810. The van der Waals surface area contributed by atoms with Crippen LogP contribution in [-0.4, -0.2) is 45.2 Å². The average Bonchev–Trinajstić information content (AvgIpc) is 1.83. The molecule has 13 heavy (non-hydrogen) atoms. The second-order valence-electron chi connectivity index (χ2n) is 2.81. The van der Waals surface area contributed by atoms with Crippen molar-refractivity contribution in [1.29, 1.82) is 0 Å². The Hall–Kier alpha value is -0.650. The lowest BCUT2D eigenvalue weighted by Gasteiger charge is -1.95. The zero-order valence-corrected chi connectivity index (χ0v) is 7.97. The number of carboxylic acids is 1. The van der Waals surface area contributed by atoms with Crippen LogP contribution in [0.5, 0.6) is 0 Å². The standard InChI is InChI=1S/C4H8O3.C4H10O2/c1-3(5)2-4(6)7;1-4(6)2-3-5/h3,5H,2H2,1H3,(H,6,7);4-6H,2-3H2,1H3. The highest BCUT2D eigenvalue weighted by atomic mass is 16.4. The van der Waals surface area contributed by atoms with Gasteiger partial charge in [0.25, 0.3) is 0 Å². The molecule has 4 N–H and O–H groups in total. The first kappa shape index (κ1) is 14.9. The lowest BCUT2D eigenvalue weighted by Crippen LogP contribution is -2.07. The minimum Gasteiger partial charge on any atom is -0.481 e. The van der Waals surface area contributed by atoms with Gasteiger partial charge in [0.05, 0.1) is 18.6 Å². The molecule has 0 aromatic carbocycles. The van der Waals surface area contributed by atoms with E-state index in [9.17, 15) is 4.79 Å². The van der Waals surface area contributed by atoms with E-state index in [-0.39, 0.29) is 19.1 Å². The Morgan fingerprint density at radius 3 is 1.69 bits per heavy atom. The maximum absolute atomic E-state index is 9.65. The molecular weight excluding hydrogens is 176 g/mol. The number of aliphatic carboxylic acids is 1. The largest absolute Gasteiger partial charge is 0.481 e. The highest BCUT2D eigenvalue weighted by molar-refractivity contribution is 5.67. The summed E-state index contributed by atoms with van der Waals surface area (Å²) < 4.78 is 0. The van der Waals surface area contributed by atoms with Crippen LogP contribution in [0, 0.1) is 0 Å². The summed E-state index contributed by atoms with van der Waals surface area (Å²) in [5, 5.41) is 32.7. The topological polar surface area (TPSA) is 98.0 Å². The van der Waals surface area contributed by atoms with Crippen molar-refractivity contribution in [1.82, 2.24) is 0 Å². The summed E-state index contributed by atoms with van der Waals surface area (Å²) in [4.78, 5) is 9.65. The van der Waals surface area contributed by atoms with E-state index in [1.165, 1.54) is 6.92 Å². The summed E-state index contributed by atoms with van der Waals surface area (Å²) >= 11 is 0. The Balaban J connectivity index is 0. The first-order chi connectivity index (χ1) is 5.90. The lowest BCUT2D eigenvalue weighted by atomic mass is 10.3. The van der Waals surface area contributed by atoms with Gasteiger partial charge < -0.3 is 20.4 Å². The molecule has 0 amide bonds. The molecule has 0 aliphatic rings. The number of carbonyl (C=O) groups is 1. The van der Waals surface area contributed by atoms with Crippen molar-refractivity contribution in [3.05, 3.63) is 0 Å². The van der Waals surface area contributed by atoms with Crippen LogP contribution in [0.2, 0.25) is 0 Å². The molecule has 0 saturated heterocycles. The second-order valence-corrected chi connectivity index (χ2v) is 2.81. The van der Waals surface area contributed by atoms with Gasteiger partial charge in [-0.25, -0.2) is 0 Å². The predicted molar refractivity (Wildman–Crippen MR) is 47.3 cm³/mol. The van der Waals surface area contributed by atoms with E-state index in [0.717, 1.165) is 0 Å². The monoisotopic (exact) mass is 194 g/mol. The van der Waals surface area contributed by atoms with Crippen LogP contribution in [-0.2, 0) is 4.79 Å². The zero-order chi connectivity index (χ0) is 10.9. The second kappa shape index (κ2) is 9.44. The summed E-state index contributed by atoms with van der Waals surface area (Å²) in [6.07, 6.45) is -0.757. The molecule has 5 heteroatoms. The number of hydrogen-bond acceptors (Lipinski definition) is 4. The molecule has 2 atom stereocenters. The maximum atomic E-state index is 9.65. The molecule has 0 fully saturated rings. The van der Waals surface area contributed by atoms with Crippen molar-refractivity contribution in [3.63, 3.8) is 0 Å². The Morgan fingerprint density at radius 2 is 1.69 bits per heavy atom. The summed E-state index contributed by atoms with van der Waals surface area (Å²) in [6.45, 7) is 3.17. The molecule has 80 valence electrons. The van der Waals surface area contributed by atoms with Crippen molar-refractivity contribution < 1.29 is 25.2 Å². The number of aliphatic hydroxyl groups is 3. The molecule has 0 spiro atoms. The van der Waals surface area contributed by atoms with Gasteiger partial charge in [0.15, 0.2) is 0 Å². The molecule has 0 rings (SSSR count). The quantitative estimate of drug-likeness (QED) is 0.488. The molecule has 0 radical (unpaired) electrons. The molecule has 0 bridgehead atoms. The Kier molecular flexibility index (Phi) is 10.8. The predicted octanol–water partition coefficient (Wildman–Crippen LogP) is -0.409. The van der Waals surface area contributed by atoms with E-state index in [1.807, 2.05) is 0 Å². The summed E-state index contributed by atoms with van der Waals surface area (Å²) in [7, 11) is 0. The third-order valence-electron chi connectivity index (χ3n) is 1.02. The lowest BCUT2D eigenvalue weighted by molar-refractivity contribution is -0.138. The van der Waals surface area contributed by atoms with E-state index in [1.54, 1.807) is 6.92 Å². The van der Waals surface area contributed by atoms with Crippen LogP contribution in [0.15, 0.2) is 0 Å². The van der Waals surface area contributed by atoms with Gasteiger partial charge in [0.2, 0.25) is 0 Å². The first-order valence-electron chi connectivity index (χ1n) is 4.09. The summed E-state index contributed by atoms with van der Waals surface area (Å²) in [5.41, 5.74) is 0. The third-order valence-corrected chi connectivity index (χ3v) is 1.02. The van der Waals surface area contributed by atoms with Gasteiger partial charge >= 0.3 is 5.97 Å². The fourth-order valence-corrected chi connectivity index (χ4v) is 0.440. The fraction of sp³-hybridized carbons (Fsp3) is 0.875. The Morgan fingerprint density at radius 1 is 1.23 bits per heavy atom. The first-order valence-corrected chi connectivity index (χ1v) is 4.09. The van der Waals surface area contributed by atoms with Crippen LogP contribution in [0.3, 0.4) is 0 Å². The number of rotatable bonds is 4. The number of carboxylic acid groups (broad SMARTS) is 1. The summed E-state index contributed by atoms with van der Waals surface area (Å²) in [5.74, 6) is -0.963. The fourth-order valence-electron chi connectivity index (χ4n) is 0.440. The third kappa shape index (κ3) is 24.6. The van der Waals surface area contributed by atoms with E-state index in [0.29, 0.717) is 6.42 Å². The van der Waals surface area contributed by atoms with Crippen molar-refractivity contribution in [2.24, 2.45) is 0 Å². The van der Waals surface area contributed by atoms with Crippen molar-refractivity contribution in [2.45, 2.75) is 38.9 Å². The highest BCUT2D eigenvalue weighted by Crippen LogP contribution is 1.85. The van der Waals surface area contributed by atoms with Crippen LogP contribution < -0.4 is 0 Å². The molecule has 2 unspecified atom stereocenters. The number of aliphatic hydroxyl groups excluding tert-OH is 3. The van der Waals surface area contributed by atoms with E-state index < -0.39 is 12.1 Å². The molecule has 5 nitrogen and oxygen atoms in total. The van der Waals surface area contributed by atoms with Crippen molar-refractivity contribution in [3.8, 4) is 0 Å². The van der Waals surface area contributed by atoms with Gasteiger partial charge in [0.1, 0.15) is 0 Å². The van der Waals surface area contributed by atoms with Gasteiger partial charge in [-0.3, -0.25) is 4.79 Å². The maximum Gasteiger partial charge on any atom is 0.305 e. The van der Waals surface area contributed by atoms with Gasteiger partial charge in [0, 0.05) is 6.61 Å².